The lowest BCUT2D eigenvalue weighted by Gasteiger charge is -2.16. The lowest BCUT2D eigenvalue weighted by Crippen LogP contribution is -2.18. The molecule has 0 unspecified atom stereocenters. The summed E-state index contributed by atoms with van der Waals surface area (Å²) in [4.78, 5) is 10.9. The predicted octanol–water partition coefficient (Wildman–Crippen LogP) is 4.65. The zero-order valence-corrected chi connectivity index (χ0v) is 13.8. The Morgan fingerprint density at radius 2 is 2.05 bits per heavy atom. The fourth-order valence-corrected chi connectivity index (χ4v) is 2.84. The summed E-state index contributed by atoms with van der Waals surface area (Å²) < 4.78 is 0.779. The number of aromatic carboxylic acids is 1. The van der Waals surface area contributed by atoms with E-state index >= 15 is 0 Å². The molecule has 1 atom stereocenters. The first-order valence-corrected chi connectivity index (χ1v) is 7.65. The summed E-state index contributed by atoms with van der Waals surface area (Å²) in [6.45, 7) is 2.66. The first kappa shape index (κ1) is 16.0. The molecule has 2 N–H and O–H groups in total. The molecule has 3 nitrogen and oxygen atoms in total. The molecule has 2 aromatic carbocycles. The maximum atomic E-state index is 10.9. The van der Waals surface area contributed by atoms with Gasteiger partial charge in [-0.3, -0.25) is 0 Å². The Morgan fingerprint density at radius 1 is 1.33 bits per heavy atom. The van der Waals surface area contributed by atoms with Gasteiger partial charge in [0.15, 0.2) is 0 Å². The number of hydrogen-bond donors (Lipinski definition) is 2. The van der Waals surface area contributed by atoms with E-state index in [2.05, 4.69) is 21.2 Å². The monoisotopic (exact) mass is 367 g/mol. The second-order valence-corrected chi connectivity index (χ2v) is 6.00. The highest BCUT2D eigenvalue weighted by atomic mass is 79.9. The largest absolute Gasteiger partial charge is 0.478 e. The SMILES string of the molecule is C[C@@H](NCc1ccc(C(=O)O)cc1Br)c1ccccc1Cl. The van der Waals surface area contributed by atoms with Crippen LogP contribution in [0.15, 0.2) is 46.9 Å². The maximum Gasteiger partial charge on any atom is 0.335 e. The first-order valence-electron chi connectivity index (χ1n) is 6.48. The molecule has 2 rings (SSSR count). The van der Waals surface area contributed by atoms with E-state index in [9.17, 15) is 4.79 Å². The highest BCUT2D eigenvalue weighted by molar-refractivity contribution is 9.10. The minimum absolute atomic E-state index is 0.102. The summed E-state index contributed by atoms with van der Waals surface area (Å²) in [7, 11) is 0. The molecule has 0 radical (unpaired) electrons. The quantitative estimate of drug-likeness (QED) is 0.807. The van der Waals surface area contributed by atoms with Crippen LogP contribution in [-0.4, -0.2) is 11.1 Å². The van der Waals surface area contributed by atoms with Gasteiger partial charge in [0, 0.05) is 22.1 Å². The van der Waals surface area contributed by atoms with Crippen molar-refractivity contribution in [1.82, 2.24) is 5.32 Å². The zero-order chi connectivity index (χ0) is 15.4. The van der Waals surface area contributed by atoms with Gasteiger partial charge in [-0.15, -0.1) is 0 Å². The Kier molecular flexibility index (Phi) is 5.39. The van der Waals surface area contributed by atoms with Gasteiger partial charge in [-0.25, -0.2) is 4.79 Å². The normalized spacial score (nSPS) is 12.1. The highest BCUT2D eigenvalue weighted by Crippen LogP contribution is 2.24. The molecule has 110 valence electrons. The van der Waals surface area contributed by atoms with Crippen LogP contribution in [0.4, 0.5) is 0 Å². The van der Waals surface area contributed by atoms with Crippen LogP contribution in [0, 0.1) is 0 Å². The lowest BCUT2D eigenvalue weighted by atomic mass is 10.1. The van der Waals surface area contributed by atoms with Gasteiger partial charge < -0.3 is 10.4 Å². The molecule has 0 amide bonds. The first-order chi connectivity index (χ1) is 9.99. The van der Waals surface area contributed by atoms with E-state index in [0.717, 1.165) is 20.6 Å². The lowest BCUT2D eigenvalue weighted by molar-refractivity contribution is 0.0697. The van der Waals surface area contributed by atoms with E-state index in [1.807, 2.05) is 31.2 Å². The fraction of sp³-hybridized carbons (Fsp3) is 0.188. The van der Waals surface area contributed by atoms with Crippen LogP contribution >= 0.6 is 27.5 Å². The number of hydrogen-bond acceptors (Lipinski definition) is 2. The van der Waals surface area contributed by atoms with E-state index < -0.39 is 5.97 Å². The molecular formula is C16H15BrClNO2. The molecule has 0 saturated carbocycles. The molecule has 5 heteroatoms. The Labute approximate surface area is 137 Å². The Hall–Kier alpha value is -1.36. The van der Waals surface area contributed by atoms with Gasteiger partial charge in [-0.05, 0) is 36.2 Å². The summed E-state index contributed by atoms with van der Waals surface area (Å²) in [6.07, 6.45) is 0. The summed E-state index contributed by atoms with van der Waals surface area (Å²) >= 11 is 9.58. The smallest absolute Gasteiger partial charge is 0.335 e. The third kappa shape index (κ3) is 4.06. The number of nitrogens with one attached hydrogen (secondary N) is 1. The number of rotatable bonds is 5. The number of benzene rings is 2. The van der Waals surface area contributed by atoms with Crippen LogP contribution in [0.25, 0.3) is 0 Å². The molecular weight excluding hydrogens is 354 g/mol. The van der Waals surface area contributed by atoms with E-state index in [4.69, 9.17) is 16.7 Å². The number of carbonyl (C=O) groups is 1. The number of carboxylic acids is 1. The summed E-state index contributed by atoms with van der Waals surface area (Å²) in [6, 6.07) is 12.8. The van der Waals surface area contributed by atoms with Crippen molar-refractivity contribution in [2.45, 2.75) is 19.5 Å². The topological polar surface area (TPSA) is 49.3 Å². The molecule has 0 fully saturated rings. The van der Waals surface area contributed by atoms with Crippen LogP contribution in [0.1, 0.15) is 34.5 Å². The average molecular weight is 369 g/mol. The third-order valence-corrected chi connectivity index (χ3v) is 4.35. The van der Waals surface area contributed by atoms with Crippen molar-refractivity contribution in [3.05, 3.63) is 68.7 Å². The molecule has 0 saturated heterocycles. The Morgan fingerprint density at radius 3 is 2.67 bits per heavy atom. The van der Waals surface area contributed by atoms with Crippen molar-refractivity contribution < 1.29 is 9.90 Å². The van der Waals surface area contributed by atoms with Crippen molar-refractivity contribution >= 4 is 33.5 Å². The predicted molar refractivity (Wildman–Crippen MR) is 87.8 cm³/mol. The van der Waals surface area contributed by atoms with Crippen LogP contribution < -0.4 is 5.32 Å². The summed E-state index contributed by atoms with van der Waals surface area (Å²) in [5, 5.41) is 13.1. The fourth-order valence-electron chi connectivity index (χ4n) is 2.02. The van der Waals surface area contributed by atoms with Crippen LogP contribution in [0.3, 0.4) is 0 Å². The number of halogens is 2. The molecule has 0 aromatic heterocycles. The summed E-state index contributed by atoms with van der Waals surface area (Å²) in [5.74, 6) is -0.931. The molecule has 0 aliphatic heterocycles. The van der Waals surface area contributed by atoms with Crippen molar-refractivity contribution in [2.24, 2.45) is 0 Å². The van der Waals surface area contributed by atoms with Crippen molar-refractivity contribution in [1.29, 1.82) is 0 Å². The minimum atomic E-state index is -0.931. The van der Waals surface area contributed by atoms with Gasteiger partial charge in [0.2, 0.25) is 0 Å². The Bertz CT molecular complexity index is 660. The van der Waals surface area contributed by atoms with Gasteiger partial charge >= 0.3 is 5.97 Å². The zero-order valence-electron chi connectivity index (χ0n) is 11.4. The molecule has 0 spiro atoms. The van der Waals surface area contributed by atoms with Gasteiger partial charge in [-0.1, -0.05) is 51.8 Å². The summed E-state index contributed by atoms with van der Waals surface area (Å²) in [5.41, 5.74) is 2.31. The van der Waals surface area contributed by atoms with Gasteiger partial charge in [0.25, 0.3) is 0 Å². The Balaban J connectivity index is 2.06. The van der Waals surface area contributed by atoms with Crippen LogP contribution in [0.5, 0.6) is 0 Å². The van der Waals surface area contributed by atoms with E-state index in [1.165, 1.54) is 0 Å². The molecule has 2 aromatic rings. The van der Waals surface area contributed by atoms with Crippen molar-refractivity contribution in [3.63, 3.8) is 0 Å². The van der Waals surface area contributed by atoms with E-state index in [1.54, 1.807) is 18.2 Å². The molecule has 0 heterocycles. The molecule has 21 heavy (non-hydrogen) atoms. The standard InChI is InChI=1S/C16H15BrClNO2/c1-10(13-4-2-3-5-15(13)18)19-9-12-7-6-11(16(20)21)8-14(12)17/h2-8,10,19H,9H2,1H3,(H,20,21)/t10-/m1/s1. The minimum Gasteiger partial charge on any atom is -0.478 e. The van der Waals surface area contributed by atoms with E-state index in [-0.39, 0.29) is 11.6 Å². The molecule has 0 aliphatic rings. The average Bonchev–Trinajstić information content (AvgIpc) is 2.46. The van der Waals surface area contributed by atoms with Gasteiger partial charge in [0.1, 0.15) is 0 Å². The third-order valence-electron chi connectivity index (χ3n) is 3.27. The van der Waals surface area contributed by atoms with Crippen LogP contribution in [0.2, 0.25) is 5.02 Å². The molecule has 0 bridgehead atoms. The van der Waals surface area contributed by atoms with Crippen molar-refractivity contribution in [2.75, 3.05) is 0 Å². The number of carboxylic acid groups (broad SMARTS) is 1. The second kappa shape index (κ2) is 7.07. The second-order valence-electron chi connectivity index (χ2n) is 4.74. The highest BCUT2D eigenvalue weighted by Gasteiger charge is 2.10. The molecule has 0 aliphatic carbocycles. The van der Waals surface area contributed by atoms with E-state index in [0.29, 0.717) is 6.54 Å². The van der Waals surface area contributed by atoms with Crippen LogP contribution in [-0.2, 0) is 6.54 Å². The van der Waals surface area contributed by atoms with Crippen molar-refractivity contribution in [3.8, 4) is 0 Å². The van der Waals surface area contributed by atoms with Gasteiger partial charge in [0.05, 0.1) is 5.56 Å². The maximum absolute atomic E-state index is 10.9. The van der Waals surface area contributed by atoms with Gasteiger partial charge in [-0.2, -0.15) is 0 Å².